The van der Waals surface area contributed by atoms with Gasteiger partial charge >= 0.3 is 0 Å². The molecule has 112 valence electrons. The molecule has 0 spiro atoms. The van der Waals surface area contributed by atoms with Crippen LogP contribution in [0.2, 0.25) is 0 Å². The minimum absolute atomic E-state index is 0.345. The fourth-order valence-electron chi connectivity index (χ4n) is 3.13. The average Bonchev–Trinajstić information content (AvgIpc) is 2.47. The van der Waals surface area contributed by atoms with Gasteiger partial charge in [-0.3, -0.25) is 4.84 Å². The van der Waals surface area contributed by atoms with Gasteiger partial charge in [-0.05, 0) is 44.7 Å². The molecule has 0 bridgehead atoms. The van der Waals surface area contributed by atoms with Crippen molar-refractivity contribution in [3.05, 3.63) is 0 Å². The summed E-state index contributed by atoms with van der Waals surface area (Å²) in [7, 11) is 0. The molecule has 4 nitrogen and oxygen atoms in total. The number of hydrogen-bond donors (Lipinski definition) is 1. The van der Waals surface area contributed by atoms with Crippen molar-refractivity contribution in [3.8, 4) is 0 Å². The monoisotopic (exact) mass is 270 g/mol. The molecule has 1 atom stereocenters. The van der Waals surface area contributed by atoms with Gasteiger partial charge in [0, 0.05) is 19.6 Å². The average molecular weight is 270 g/mol. The molecule has 0 aromatic carbocycles. The minimum Gasteiger partial charge on any atom is -0.389 e. The van der Waals surface area contributed by atoms with Crippen molar-refractivity contribution in [2.24, 2.45) is 5.92 Å². The number of hydroxylamine groups is 2. The van der Waals surface area contributed by atoms with Crippen LogP contribution in [-0.2, 0) is 4.84 Å². The third-order valence-corrected chi connectivity index (χ3v) is 4.52. The molecule has 2 saturated heterocycles. The molecule has 1 unspecified atom stereocenters. The van der Waals surface area contributed by atoms with Crippen LogP contribution in [0.5, 0.6) is 0 Å². The minimum atomic E-state index is -0.345. The molecule has 0 amide bonds. The molecule has 2 fully saturated rings. The van der Waals surface area contributed by atoms with E-state index in [0.29, 0.717) is 6.61 Å². The Balaban J connectivity index is 1.57. The van der Waals surface area contributed by atoms with Gasteiger partial charge in [0.25, 0.3) is 0 Å². The predicted molar refractivity (Wildman–Crippen MR) is 76.8 cm³/mol. The summed E-state index contributed by atoms with van der Waals surface area (Å²) >= 11 is 0. The summed E-state index contributed by atoms with van der Waals surface area (Å²) < 4.78 is 0. The molecule has 0 saturated carbocycles. The topological polar surface area (TPSA) is 35.9 Å². The first-order chi connectivity index (χ1) is 9.28. The van der Waals surface area contributed by atoms with Crippen LogP contribution in [0.4, 0.5) is 0 Å². The number of piperidine rings is 2. The SMILES string of the molecule is CCC1CCN(OCC(O)CN2CCCCC2)CC1. The lowest BCUT2D eigenvalue weighted by Crippen LogP contribution is -2.41. The zero-order valence-corrected chi connectivity index (χ0v) is 12.4. The molecule has 2 heterocycles. The van der Waals surface area contributed by atoms with Crippen LogP contribution in [0.3, 0.4) is 0 Å². The fraction of sp³-hybridized carbons (Fsp3) is 1.00. The molecule has 0 aliphatic carbocycles. The van der Waals surface area contributed by atoms with Gasteiger partial charge in [-0.2, -0.15) is 5.06 Å². The van der Waals surface area contributed by atoms with Crippen molar-refractivity contribution in [1.29, 1.82) is 0 Å². The third-order valence-electron chi connectivity index (χ3n) is 4.52. The summed E-state index contributed by atoms with van der Waals surface area (Å²) in [6.07, 6.45) is 7.30. The van der Waals surface area contributed by atoms with Crippen LogP contribution in [-0.4, -0.2) is 60.5 Å². The summed E-state index contributed by atoms with van der Waals surface area (Å²) in [5.74, 6) is 0.873. The number of hydrogen-bond acceptors (Lipinski definition) is 4. The second kappa shape index (κ2) is 8.20. The van der Waals surface area contributed by atoms with E-state index in [9.17, 15) is 5.11 Å². The first-order valence-electron chi connectivity index (χ1n) is 8.06. The highest BCUT2D eigenvalue weighted by molar-refractivity contribution is 4.70. The van der Waals surface area contributed by atoms with Crippen LogP contribution >= 0.6 is 0 Å². The van der Waals surface area contributed by atoms with Crippen molar-refractivity contribution in [2.75, 3.05) is 39.3 Å². The number of nitrogens with zero attached hydrogens (tertiary/aromatic N) is 2. The maximum atomic E-state index is 10.0. The van der Waals surface area contributed by atoms with Gasteiger partial charge in [0.2, 0.25) is 0 Å². The molecule has 0 radical (unpaired) electrons. The molecule has 1 N–H and O–H groups in total. The van der Waals surface area contributed by atoms with Crippen LogP contribution in [0.15, 0.2) is 0 Å². The largest absolute Gasteiger partial charge is 0.389 e. The van der Waals surface area contributed by atoms with Gasteiger partial charge in [0.15, 0.2) is 0 Å². The van der Waals surface area contributed by atoms with E-state index in [1.165, 1.54) is 38.5 Å². The van der Waals surface area contributed by atoms with E-state index in [0.717, 1.165) is 38.6 Å². The Labute approximate surface area is 117 Å². The lowest BCUT2D eigenvalue weighted by atomic mass is 9.95. The molecular formula is C15H30N2O2. The maximum Gasteiger partial charge on any atom is 0.0957 e. The number of rotatable bonds is 6. The zero-order chi connectivity index (χ0) is 13.5. The Kier molecular flexibility index (Phi) is 6.57. The second-order valence-electron chi connectivity index (χ2n) is 6.09. The number of β-amino-alcohol motifs (C(OH)–C–C–N with tert-alkyl or cyclic N) is 1. The highest BCUT2D eigenvalue weighted by Crippen LogP contribution is 2.20. The number of likely N-dealkylation sites (tertiary alicyclic amines) is 1. The predicted octanol–water partition coefficient (Wildman–Crippen LogP) is 1.89. The number of aliphatic hydroxyl groups is 1. The Morgan fingerprint density at radius 1 is 1.11 bits per heavy atom. The molecule has 2 aliphatic heterocycles. The summed E-state index contributed by atoms with van der Waals surface area (Å²) in [5.41, 5.74) is 0. The van der Waals surface area contributed by atoms with Gasteiger partial charge in [0.05, 0.1) is 12.7 Å². The second-order valence-corrected chi connectivity index (χ2v) is 6.09. The van der Waals surface area contributed by atoms with Crippen molar-refractivity contribution in [2.45, 2.75) is 51.6 Å². The molecule has 0 aromatic rings. The molecule has 2 rings (SSSR count). The first-order valence-corrected chi connectivity index (χ1v) is 8.06. The standard InChI is InChI=1S/C15H30N2O2/c1-2-14-6-10-17(11-7-14)19-13-15(18)12-16-8-4-3-5-9-16/h14-15,18H,2-13H2,1H3. The van der Waals surface area contributed by atoms with Crippen molar-refractivity contribution in [1.82, 2.24) is 9.96 Å². The highest BCUT2D eigenvalue weighted by Gasteiger charge is 2.20. The Bertz CT molecular complexity index is 236. The Hall–Kier alpha value is -0.160. The number of aliphatic hydroxyl groups excluding tert-OH is 1. The normalized spacial score (nSPS) is 25.6. The van der Waals surface area contributed by atoms with E-state index in [-0.39, 0.29) is 6.10 Å². The quantitative estimate of drug-likeness (QED) is 0.799. The van der Waals surface area contributed by atoms with Gasteiger partial charge < -0.3 is 10.0 Å². The molecule has 19 heavy (non-hydrogen) atoms. The van der Waals surface area contributed by atoms with Gasteiger partial charge in [-0.1, -0.05) is 19.8 Å². The fourth-order valence-corrected chi connectivity index (χ4v) is 3.13. The highest BCUT2D eigenvalue weighted by atomic mass is 16.7. The molecule has 4 heteroatoms. The summed E-state index contributed by atoms with van der Waals surface area (Å²) in [6, 6.07) is 0. The smallest absolute Gasteiger partial charge is 0.0957 e. The zero-order valence-electron chi connectivity index (χ0n) is 12.4. The molecular weight excluding hydrogens is 240 g/mol. The van der Waals surface area contributed by atoms with E-state index in [1.54, 1.807) is 0 Å². The summed E-state index contributed by atoms with van der Waals surface area (Å²) in [4.78, 5) is 8.10. The van der Waals surface area contributed by atoms with Crippen molar-refractivity contribution in [3.63, 3.8) is 0 Å². The van der Waals surface area contributed by atoms with Crippen LogP contribution in [0.1, 0.15) is 45.4 Å². The first kappa shape index (κ1) is 15.2. The van der Waals surface area contributed by atoms with E-state index < -0.39 is 0 Å². The molecule has 0 aromatic heterocycles. The van der Waals surface area contributed by atoms with Crippen LogP contribution < -0.4 is 0 Å². The lowest BCUT2D eigenvalue weighted by Gasteiger charge is -2.32. The van der Waals surface area contributed by atoms with Crippen LogP contribution in [0, 0.1) is 5.92 Å². The Morgan fingerprint density at radius 2 is 1.79 bits per heavy atom. The van der Waals surface area contributed by atoms with Gasteiger partial charge in [-0.25, -0.2) is 0 Å². The van der Waals surface area contributed by atoms with Gasteiger partial charge in [0.1, 0.15) is 0 Å². The van der Waals surface area contributed by atoms with E-state index >= 15 is 0 Å². The molecule has 2 aliphatic rings. The van der Waals surface area contributed by atoms with Crippen molar-refractivity contribution >= 4 is 0 Å². The van der Waals surface area contributed by atoms with Crippen molar-refractivity contribution < 1.29 is 9.94 Å². The van der Waals surface area contributed by atoms with Crippen LogP contribution in [0.25, 0.3) is 0 Å². The maximum absolute atomic E-state index is 10.0. The van der Waals surface area contributed by atoms with E-state index in [4.69, 9.17) is 4.84 Å². The van der Waals surface area contributed by atoms with E-state index in [2.05, 4.69) is 11.8 Å². The van der Waals surface area contributed by atoms with E-state index in [1.807, 2.05) is 5.06 Å². The van der Waals surface area contributed by atoms with Gasteiger partial charge in [-0.15, -0.1) is 0 Å². The third kappa shape index (κ3) is 5.38. The summed E-state index contributed by atoms with van der Waals surface area (Å²) in [6.45, 7) is 7.81. The Morgan fingerprint density at radius 3 is 2.42 bits per heavy atom. The lowest BCUT2D eigenvalue weighted by molar-refractivity contribution is -0.193. The summed E-state index contributed by atoms with van der Waals surface area (Å²) in [5, 5.41) is 12.1.